The van der Waals surface area contributed by atoms with Crippen LogP contribution >= 0.6 is 0 Å². The molecule has 3 unspecified atom stereocenters. The largest absolute Gasteiger partial charge is 0.330 e. The third kappa shape index (κ3) is 3.60. The Bertz CT molecular complexity index is 221. The van der Waals surface area contributed by atoms with E-state index in [4.69, 9.17) is 5.73 Å². The summed E-state index contributed by atoms with van der Waals surface area (Å²) in [6, 6.07) is 0. The molecule has 2 heteroatoms. The average Bonchev–Trinajstić information content (AvgIpc) is 2.24. The van der Waals surface area contributed by atoms with Crippen LogP contribution in [0.15, 0.2) is 11.6 Å². The second-order valence-corrected chi connectivity index (χ2v) is 5.25. The lowest BCUT2D eigenvalue weighted by atomic mass is 9.73. The van der Waals surface area contributed by atoms with Crippen LogP contribution in [0.25, 0.3) is 0 Å². The SMILES string of the molecule is C/C=C(\C)C(C)C(F)C(C)C(C)(C)CN. The molecule has 0 aromatic carbocycles. The molecule has 0 spiro atoms. The highest BCUT2D eigenvalue weighted by molar-refractivity contribution is 5.04. The summed E-state index contributed by atoms with van der Waals surface area (Å²) in [7, 11) is 0. The zero-order chi connectivity index (χ0) is 12.2. The smallest absolute Gasteiger partial charge is 0.109 e. The van der Waals surface area contributed by atoms with Crippen molar-refractivity contribution < 1.29 is 4.39 Å². The van der Waals surface area contributed by atoms with Crippen molar-refractivity contribution in [2.75, 3.05) is 6.54 Å². The van der Waals surface area contributed by atoms with Gasteiger partial charge in [0.2, 0.25) is 0 Å². The van der Waals surface area contributed by atoms with Crippen LogP contribution in [0.3, 0.4) is 0 Å². The molecule has 0 fully saturated rings. The Balaban J connectivity index is 4.64. The number of halogens is 1. The molecule has 0 heterocycles. The Morgan fingerprint density at radius 1 is 1.40 bits per heavy atom. The van der Waals surface area contributed by atoms with Gasteiger partial charge in [0.15, 0.2) is 0 Å². The molecule has 0 aliphatic heterocycles. The number of hydrogen-bond acceptors (Lipinski definition) is 1. The molecular formula is C13H26FN. The molecule has 0 amide bonds. The third-order valence-electron chi connectivity index (χ3n) is 3.89. The van der Waals surface area contributed by atoms with Crippen LogP contribution in [0, 0.1) is 17.3 Å². The van der Waals surface area contributed by atoms with Crippen molar-refractivity contribution in [2.45, 2.75) is 47.7 Å². The lowest BCUT2D eigenvalue weighted by Crippen LogP contribution is -2.38. The summed E-state index contributed by atoms with van der Waals surface area (Å²) in [5.74, 6) is -0.0387. The summed E-state index contributed by atoms with van der Waals surface area (Å²) in [6.45, 7) is 12.4. The molecule has 0 aliphatic carbocycles. The molecule has 0 saturated carbocycles. The van der Waals surface area contributed by atoms with E-state index in [0.29, 0.717) is 6.54 Å². The van der Waals surface area contributed by atoms with Gasteiger partial charge in [0, 0.05) is 5.92 Å². The van der Waals surface area contributed by atoms with E-state index in [0.717, 1.165) is 5.57 Å². The van der Waals surface area contributed by atoms with Crippen LogP contribution in [0.5, 0.6) is 0 Å². The zero-order valence-electron chi connectivity index (χ0n) is 11.0. The molecule has 0 saturated heterocycles. The van der Waals surface area contributed by atoms with Gasteiger partial charge in [-0.1, -0.05) is 39.3 Å². The van der Waals surface area contributed by atoms with Crippen molar-refractivity contribution in [3.05, 3.63) is 11.6 Å². The number of nitrogens with two attached hydrogens (primary N) is 1. The third-order valence-corrected chi connectivity index (χ3v) is 3.89. The highest BCUT2D eigenvalue weighted by Gasteiger charge is 2.34. The van der Waals surface area contributed by atoms with E-state index in [1.807, 2.05) is 47.6 Å². The fourth-order valence-corrected chi connectivity index (χ4v) is 1.56. The molecule has 15 heavy (non-hydrogen) atoms. The maximum Gasteiger partial charge on any atom is 0.109 e. The van der Waals surface area contributed by atoms with E-state index in [2.05, 4.69) is 0 Å². The maximum absolute atomic E-state index is 14.2. The minimum atomic E-state index is -0.820. The molecule has 0 bridgehead atoms. The molecule has 0 rings (SSSR count). The molecule has 0 radical (unpaired) electrons. The fourth-order valence-electron chi connectivity index (χ4n) is 1.56. The molecule has 1 nitrogen and oxygen atoms in total. The van der Waals surface area contributed by atoms with Gasteiger partial charge in [-0.15, -0.1) is 0 Å². The van der Waals surface area contributed by atoms with Gasteiger partial charge in [0.1, 0.15) is 6.17 Å². The van der Waals surface area contributed by atoms with Gasteiger partial charge >= 0.3 is 0 Å². The summed E-state index contributed by atoms with van der Waals surface area (Å²) >= 11 is 0. The van der Waals surface area contributed by atoms with Crippen LogP contribution in [0.2, 0.25) is 0 Å². The first-order valence-corrected chi connectivity index (χ1v) is 5.74. The van der Waals surface area contributed by atoms with Gasteiger partial charge in [-0.2, -0.15) is 0 Å². The highest BCUT2D eigenvalue weighted by Crippen LogP contribution is 2.34. The number of allylic oxidation sites excluding steroid dienone is 2. The molecule has 0 aliphatic rings. The fraction of sp³-hybridized carbons (Fsp3) is 0.846. The average molecular weight is 215 g/mol. The summed E-state index contributed by atoms with van der Waals surface area (Å²) in [6.07, 6.45) is 1.17. The number of alkyl halides is 1. The lowest BCUT2D eigenvalue weighted by molar-refractivity contribution is 0.0932. The predicted octanol–water partition coefficient (Wildman–Crippen LogP) is 3.55. The van der Waals surface area contributed by atoms with E-state index < -0.39 is 6.17 Å². The van der Waals surface area contributed by atoms with E-state index in [1.54, 1.807) is 0 Å². The minimum absolute atomic E-state index is 0.0178. The van der Waals surface area contributed by atoms with Crippen molar-refractivity contribution in [2.24, 2.45) is 23.0 Å². The van der Waals surface area contributed by atoms with Crippen LogP contribution < -0.4 is 5.73 Å². The van der Waals surface area contributed by atoms with E-state index >= 15 is 0 Å². The summed E-state index contributed by atoms with van der Waals surface area (Å²) in [4.78, 5) is 0. The second-order valence-electron chi connectivity index (χ2n) is 5.25. The normalized spacial score (nSPS) is 19.9. The summed E-state index contributed by atoms with van der Waals surface area (Å²) in [5, 5.41) is 0. The van der Waals surface area contributed by atoms with Crippen LogP contribution in [0.4, 0.5) is 4.39 Å². The molecular weight excluding hydrogens is 189 g/mol. The van der Waals surface area contributed by atoms with Crippen molar-refractivity contribution >= 4 is 0 Å². The van der Waals surface area contributed by atoms with Crippen LogP contribution in [-0.2, 0) is 0 Å². The number of rotatable bonds is 5. The number of hydrogen-bond donors (Lipinski definition) is 1. The molecule has 3 atom stereocenters. The first kappa shape index (κ1) is 14.6. The Kier molecular flexibility index (Phi) is 5.50. The Labute approximate surface area is 93.9 Å². The lowest BCUT2D eigenvalue weighted by Gasteiger charge is -2.35. The van der Waals surface area contributed by atoms with Gasteiger partial charge in [-0.3, -0.25) is 0 Å². The van der Waals surface area contributed by atoms with Gasteiger partial charge in [0.05, 0.1) is 0 Å². The molecule has 90 valence electrons. The van der Waals surface area contributed by atoms with E-state index in [9.17, 15) is 4.39 Å². The van der Waals surface area contributed by atoms with Crippen LogP contribution in [-0.4, -0.2) is 12.7 Å². The summed E-state index contributed by atoms with van der Waals surface area (Å²) in [5.41, 5.74) is 6.65. The predicted molar refractivity (Wildman–Crippen MR) is 65.5 cm³/mol. The maximum atomic E-state index is 14.2. The quantitative estimate of drug-likeness (QED) is 0.697. The van der Waals surface area contributed by atoms with Gasteiger partial charge < -0.3 is 5.73 Å². The zero-order valence-corrected chi connectivity index (χ0v) is 11.0. The summed E-state index contributed by atoms with van der Waals surface area (Å²) < 4.78 is 14.2. The minimum Gasteiger partial charge on any atom is -0.330 e. The van der Waals surface area contributed by atoms with Crippen molar-refractivity contribution in [3.63, 3.8) is 0 Å². The van der Waals surface area contributed by atoms with Gasteiger partial charge in [-0.25, -0.2) is 4.39 Å². The van der Waals surface area contributed by atoms with Gasteiger partial charge in [-0.05, 0) is 31.7 Å². The first-order chi connectivity index (χ1) is 6.77. The van der Waals surface area contributed by atoms with E-state index in [1.165, 1.54) is 0 Å². The molecule has 0 aromatic heterocycles. The van der Waals surface area contributed by atoms with Crippen molar-refractivity contribution in [1.29, 1.82) is 0 Å². The van der Waals surface area contributed by atoms with Crippen molar-refractivity contribution in [3.8, 4) is 0 Å². The highest BCUT2D eigenvalue weighted by atomic mass is 19.1. The molecule has 0 aromatic rings. The van der Waals surface area contributed by atoms with Crippen molar-refractivity contribution in [1.82, 2.24) is 0 Å². The van der Waals surface area contributed by atoms with E-state index in [-0.39, 0.29) is 17.3 Å². The Morgan fingerprint density at radius 2 is 1.87 bits per heavy atom. The second kappa shape index (κ2) is 5.64. The van der Waals surface area contributed by atoms with Crippen LogP contribution in [0.1, 0.15) is 41.5 Å². The topological polar surface area (TPSA) is 26.0 Å². The Morgan fingerprint density at radius 3 is 2.20 bits per heavy atom. The molecule has 2 N–H and O–H groups in total. The monoisotopic (exact) mass is 215 g/mol. The van der Waals surface area contributed by atoms with Gasteiger partial charge in [0.25, 0.3) is 0 Å². The Hall–Kier alpha value is -0.370. The standard InChI is InChI=1S/C13H26FN/c1-7-9(2)10(3)12(14)11(4)13(5,6)8-15/h7,10-12H,8,15H2,1-6H3/b9-7+. The first-order valence-electron chi connectivity index (χ1n) is 5.74.